The van der Waals surface area contributed by atoms with Gasteiger partial charge >= 0.3 is 0 Å². The van der Waals surface area contributed by atoms with Crippen LogP contribution in [0.3, 0.4) is 0 Å². The highest BCUT2D eigenvalue weighted by molar-refractivity contribution is 6.30. The molecule has 0 saturated heterocycles. The van der Waals surface area contributed by atoms with Gasteiger partial charge in [0.2, 0.25) is 0 Å². The van der Waals surface area contributed by atoms with Gasteiger partial charge in [0.05, 0.1) is 5.69 Å². The van der Waals surface area contributed by atoms with Crippen LogP contribution in [0.5, 0.6) is 0 Å². The first-order valence-electron chi connectivity index (χ1n) is 4.42. The minimum absolute atomic E-state index is 0.355. The summed E-state index contributed by atoms with van der Waals surface area (Å²) in [5.74, 6) is -1.14. The van der Waals surface area contributed by atoms with E-state index in [1.807, 2.05) is 0 Å². The Hall–Kier alpha value is -1.97. The molecule has 0 spiro atoms. The molecule has 0 aliphatic carbocycles. The van der Waals surface area contributed by atoms with Crippen molar-refractivity contribution in [3.63, 3.8) is 0 Å². The fourth-order valence-corrected chi connectivity index (χ4v) is 1.42. The number of imide groups is 1. The fourth-order valence-electron chi connectivity index (χ4n) is 1.42. The first-order valence-corrected chi connectivity index (χ1v) is 4.42. The number of nitrogens with zero attached hydrogens (tertiary/aromatic N) is 1. The molecular formula is C11H8FNO2. The predicted octanol–water partition coefficient (Wildman–Crippen LogP) is 1.65. The van der Waals surface area contributed by atoms with Gasteiger partial charge < -0.3 is 0 Å². The van der Waals surface area contributed by atoms with Crippen LogP contribution in [0.25, 0.3) is 0 Å². The maximum absolute atomic E-state index is 12.6. The molecule has 1 aromatic carbocycles. The summed E-state index contributed by atoms with van der Waals surface area (Å²) in [5.41, 5.74) is 0.781. The highest BCUT2D eigenvalue weighted by atomic mass is 19.1. The Bertz CT molecular complexity index is 462. The number of hydrogen-bond donors (Lipinski definition) is 0. The lowest BCUT2D eigenvalue weighted by atomic mass is 10.2. The molecule has 1 aliphatic rings. The average molecular weight is 205 g/mol. The molecule has 15 heavy (non-hydrogen) atoms. The monoisotopic (exact) mass is 205 g/mol. The second-order valence-corrected chi connectivity index (χ2v) is 3.28. The number of carbonyl (C=O) groups excluding carboxylic acids is 2. The zero-order chi connectivity index (χ0) is 11.0. The lowest BCUT2D eigenvalue weighted by molar-refractivity contribution is -0.120. The minimum atomic E-state index is -0.400. The maximum atomic E-state index is 12.6. The van der Waals surface area contributed by atoms with Crippen LogP contribution in [0.1, 0.15) is 6.92 Å². The fraction of sp³-hybridized carbons (Fsp3) is 0.0909. The van der Waals surface area contributed by atoms with Crippen molar-refractivity contribution in [2.24, 2.45) is 0 Å². The van der Waals surface area contributed by atoms with E-state index < -0.39 is 5.82 Å². The van der Waals surface area contributed by atoms with Crippen LogP contribution in [0.2, 0.25) is 0 Å². The number of amides is 2. The van der Waals surface area contributed by atoms with Crippen LogP contribution in [0.15, 0.2) is 35.9 Å². The van der Waals surface area contributed by atoms with Crippen molar-refractivity contribution in [2.75, 3.05) is 4.90 Å². The van der Waals surface area contributed by atoms with Crippen LogP contribution in [0.4, 0.5) is 10.1 Å². The number of anilines is 1. The summed E-state index contributed by atoms with van der Waals surface area (Å²) in [6.07, 6.45) is 1.27. The predicted molar refractivity (Wildman–Crippen MR) is 52.7 cm³/mol. The topological polar surface area (TPSA) is 37.4 Å². The first-order chi connectivity index (χ1) is 7.09. The van der Waals surface area contributed by atoms with Gasteiger partial charge in [-0.2, -0.15) is 0 Å². The molecule has 2 amide bonds. The van der Waals surface area contributed by atoms with Gasteiger partial charge in [0.15, 0.2) is 0 Å². The number of carbonyl (C=O) groups is 2. The van der Waals surface area contributed by atoms with E-state index in [1.54, 1.807) is 6.92 Å². The Kier molecular flexibility index (Phi) is 2.11. The van der Waals surface area contributed by atoms with Crippen LogP contribution >= 0.6 is 0 Å². The summed E-state index contributed by atoms with van der Waals surface area (Å²) in [5, 5.41) is 0. The standard InChI is InChI=1S/C11H8FNO2/c1-7-6-10(14)13(11(7)15)9-4-2-8(12)3-5-9/h2-6H,1H3. The highest BCUT2D eigenvalue weighted by Crippen LogP contribution is 2.22. The van der Waals surface area contributed by atoms with E-state index in [0.717, 1.165) is 4.90 Å². The summed E-state index contributed by atoms with van der Waals surface area (Å²) in [4.78, 5) is 24.0. The van der Waals surface area contributed by atoms with Gasteiger partial charge in [0.25, 0.3) is 11.8 Å². The van der Waals surface area contributed by atoms with Gasteiger partial charge in [-0.1, -0.05) is 0 Å². The van der Waals surface area contributed by atoms with Crippen LogP contribution in [-0.4, -0.2) is 11.8 Å². The van der Waals surface area contributed by atoms with E-state index >= 15 is 0 Å². The lowest BCUT2D eigenvalue weighted by Crippen LogP contribution is -2.30. The Morgan fingerprint density at radius 3 is 2.20 bits per heavy atom. The third-order valence-corrected chi connectivity index (χ3v) is 2.19. The number of rotatable bonds is 1. The van der Waals surface area contributed by atoms with Crippen molar-refractivity contribution < 1.29 is 14.0 Å². The van der Waals surface area contributed by atoms with Crippen molar-refractivity contribution >= 4 is 17.5 Å². The summed E-state index contributed by atoms with van der Waals surface area (Å²) >= 11 is 0. The number of benzene rings is 1. The van der Waals surface area contributed by atoms with Gasteiger partial charge in [0.1, 0.15) is 5.82 Å². The Balaban J connectivity index is 2.38. The first kappa shape index (κ1) is 9.58. The molecule has 1 aromatic rings. The summed E-state index contributed by atoms with van der Waals surface area (Å²) < 4.78 is 12.6. The number of halogens is 1. The third kappa shape index (κ3) is 1.54. The molecular weight excluding hydrogens is 197 g/mol. The van der Waals surface area contributed by atoms with Crippen LogP contribution < -0.4 is 4.90 Å². The van der Waals surface area contributed by atoms with E-state index in [0.29, 0.717) is 11.3 Å². The van der Waals surface area contributed by atoms with Gasteiger partial charge in [-0.05, 0) is 31.2 Å². The van der Waals surface area contributed by atoms with E-state index in [9.17, 15) is 14.0 Å². The maximum Gasteiger partial charge on any atom is 0.261 e. The third-order valence-electron chi connectivity index (χ3n) is 2.19. The van der Waals surface area contributed by atoms with E-state index in [-0.39, 0.29) is 11.8 Å². The van der Waals surface area contributed by atoms with E-state index in [4.69, 9.17) is 0 Å². The molecule has 1 aliphatic heterocycles. The molecule has 4 heteroatoms. The highest BCUT2D eigenvalue weighted by Gasteiger charge is 2.29. The van der Waals surface area contributed by atoms with Crippen molar-refractivity contribution in [2.45, 2.75) is 6.92 Å². The summed E-state index contributed by atoms with van der Waals surface area (Å²) in [6.45, 7) is 1.57. The largest absolute Gasteiger partial charge is 0.269 e. The molecule has 0 atom stereocenters. The molecule has 0 aromatic heterocycles. The molecule has 3 nitrogen and oxygen atoms in total. The van der Waals surface area contributed by atoms with Gasteiger partial charge in [-0.25, -0.2) is 9.29 Å². The van der Waals surface area contributed by atoms with Crippen molar-refractivity contribution in [1.82, 2.24) is 0 Å². The molecule has 2 rings (SSSR count). The Morgan fingerprint density at radius 2 is 1.73 bits per heavy atom. The minimum Gasteiger partial charge on any atom is -0.269 e. The van der Waals surface area contributed by atoms with Crippen molar-refractivity contribution in [1.29, 1.82) is 0 Å². The summed E-state index contributed by atoms with van der Waals surface area (Å²) in [6, 6.07) is 5.22. The molecule has 0 fully saturated rings. The Morgan fingerprint density at radius 1 is 1.13 bits per heavy atom. The average Bonchev–Trinajstić information content (AvgIpc) is 2.44. The molecule has 1 heterocycles. The quantitative estimate of drug-likeness (QED) is 0.653. The van der Waals surface area contributed by atoms with Gasteiger partial charge in [0, 0.05) is 11.6 Å². The molecule has 0 N–H and O–H groups in total. The SMILES string of the molecule is CC1=CC(=O)N(c2ccc(F)cc2)C1=O. The normalized spacial score (nSPS) is 15.9. The van der Waals surface area contributed by atoms with Gasteiger partial charge in [-0.15, -0.1) is 0 Å². The Labute approximate surface area is 85.8 Å². The molecule has 0 unspecified atom stereocenters. The van der Waals surface area contributed by atoms with Crippen molar-refractivity contribution in [3.05, 3.63) is 41.7 Å². The zero-order valence-corrected chi connectivity index (χ0v) is 8.03. The zero-order valence-electron chi connectivity index (χ0n) is 8.03. The summed E-state index contributed by atoms with van der Waals surface area (Å²) in [7, 11) is 0. The van der Waals surface area contributed by atoms with Crippen LogP contribution in [-0.2, 0) is 9.59 Å². The molecule has 0 saturated carbocycles. The van der Waals surface area contributed by atoms with Crippen molar-refractivity contribution in [3.8, 4) is 0 Å². The molecule has 0 bridgehead atoms. The van der Waals surface area contributed by atoms with Crippen LogP contribution in [0, 0.1) is 5.82 Å². The smallest absolute Gasteiger partial charge is 0.261 e. The molecule has 0 radical (unpaired) electrons. The second kappa shape index (κ2) is 3.31. The number of hydrogen-bond acceptors (Lipinski definition) is 2. The van der Waals surface area contributed by atoms with E-state index in [2.05, 4.69) is 0 Å². The second-order valence-electron chi connectivity index (χ2n) is 3.28. The van der Waals surface area contributed by atoms with Gasteiger partial charge in [-0.3, -0.25) is 9.59 Å². The lowest BCUT2D eigenvalue weighted by Gasteiger charge is -2.13. The van der Waals surface area contributed by atoms with E-state index in [1.165, 1.54) is 30.3 Å². The molecule has 76 valence electrons.